The summed E-state index contributed by atoms with van der Waals surface area (Å²) < 4.78 is 32.3. The zero-order valence-electron chi connectivity index (χ0n) is 11.5. The number of fused-ring (bicyclic) bond motifs is 1. The average Bonchev–Trinajstić information content (AvgIpc) is 2.48. The third-order valence-electron chi connectivity index (χ3n) is 3.37. The van der Waals surface area contributed by atoms with Crippen molar-refractivity contribution >= 4 is 38.9 Å². The SMILES string of the molecule is O=S(=O)(Cc1ccccc1Cl)N1CCOc2ccc(Cl)cc21. The lowest BCUT2D eigenvalue weighted by Crippen LogP contribution is -2.38. The maximum Gasteiger partial charge on any atom is 0.239 e. The molecule has 0 aliphatic carbocycles. The normalized spacial score (nSPS) is 14.4. The number of rotatable bonds is 3. The molecule has 0 unspecified atom stereocenters. The summed E-state index contributed by atoms with van der Waals surface area (Å²) in [5.41, 5.74) is 1.03. The topological polar surface area (TPSA) is 46.6 Å². The molecule has 116 valence electrons. The molecular formula is C15H13Cl2NO3S. The van der Waals surface area contributed by atoms with Crippen LogP contribution in [0, 0.1) is 0 Å². The molecule has 0 atom stereocenters. The van der Waals surface area contributed by atoms with Gasteiger partial charge in [0, 0.05) is 10.0 Å². The van der Waals surface area contributed by atoms with Crippen molar-refractivity contribution in [3.05, 3.63) is 58.1 Å². The highest BCUT2D eigenvalue weighted by molar-refractivity contribution is 7.92. The third-order valence-corrected chi connectivity index (χ3v) is 5.70. The standard InChI is InChI=1S/C15H13Cl2NO3S/c16-12-5-6-15-14(9-12)18(7-8-21-15)22(19,20)10-11-3-1-2-4-13(11)17/h1-6,9H,7-8,10H2. The van der Waals surface area contributed by atoms with Crippen molar-refractivity contribution < 1.29 is 13.2 Å². The largest absolute Gasteiger partial charge is 0.489 e. The maximum absolute atomic E-state index is 12.7. The van der Waals surface area contributed by atoms with Gasteiger partial charge in [-0.2, -0.15) is 0 Å². The Hall–Kier alpha value is -1.43. The predicted octanol–water partition coefficient (Wildman–Crippen LogP) is 3.72. The molecule has 7 heteroatoms. The second kappa shape index (κ2) is 5.99. The molecule has 2 aromatic rings. The number of ether oxygens (including phenoxy) is 1. The Morgan fingerprint density at radius 3 is 2.68 bits per heavy atom. The molecule has 1 aliphatic rings. The lowest BCUT2D eigenvalue weighted by molar-refractivity contribution is 0.316. The van der Waals surface area contributed by atoms with Crippen LogP contribution in [0.3, 0.4) is 0 Å². The summed E-state index contributed by atoms with van der Waals surface area (Å²) in [5.74, 6) is 0.344. The number of halogens is 2. The van der Waals surface area contributed by atoms with Crippen LogP contribution >= 0.6 is 23.2 Å². The van der Waals surface area contributed by atoms with E-state index >= 15 is 0 Å². The molecule has 0 N–H and O–H groups in total. The number of sulfonamides is 1. The molecule has 0 fully saturated rings. The van der Waals surface area contributed by atoms with Gasteiger partial charge in [0.15, 0.2) is 0 Å². The van der Waals surface area contributed by atoms with Crippen LogP contribution < -0.4 is 9.04 Å². The Morgan fingerprint density at radius 1 is 1.14 bits per heavy atom. The fourth-order valence-corrected chi connectivity index (χ4v) is 4.39. The van der Waals surface area contributed by atoms with Gasteiger partial charge in [0.05, 0.1) is 18.0 Å². The van der Waals surface area contributed by atoms with Crippen molar-refractivity contribution in [2.75, 3.05) is 17.5 Å². The third kappa shape index (κ3) is 3.02. The quantitative estimate of drug-likeness (QED) is 0.840. The van der Waals surface area contributed by atoms with Crippen LogP contribution in [0.4, 0.5) is 5.69 Å². The van der Waals surface area contributed by atoms with Crippen molar-refractivity contribution in [1.29, 1.82) is 0 Å². The molecule has 1 heterocycles. The van der Waals surface area contributed by atoms with Crippen LogP contribution in [0.15, 0.2) is 42.5 Å². The van der Waals surface area contributed by atoms with Crippen LogP contribution in [0.2, 0.25) is 10.0 Å². The van der Waals surface area contributed by atoms with Crippen molar-refractivity contribution in [1.82, 2.24) is 0 Å². The zero-order valence-corrected chi connectivity index (χ0v) is 13.8. The molecule has 0 aromatic heterocycles. The summed E-state index contributed by atoms with van der Waals surface area (Å²) >= 11 is 12.0. The Labute approximate surface area is 139 Å². The van der Waals surface area contributed by atoms with Gasteiger partial charge in [0.25, 0.3) is 0 Å². The van der Waals surface area contributed by atoms with Gasteiger partial charge in [-0.15, -0.1) is 0 Å². The van der Waals surface area contributed by atoms with E-state index in [1.165, 1.54) is 4.31 Å². The van der Waals surface area contributed by atoms with Gasteiger partial charge >= 0.3 is 0 Å². The van der Waals surface area contributed by atoms with E-state index in [1.54, 1.807) is 42.5 Å². The van der Waals surface area contributed by atoms with Gasteiger partial charge in [-0.05, 0) is 29.8 Å². The summed E-state index contributed by atoms with van der Waals surface area (Å²) in [7, 11) is -3.58. The van der Waals surface area contributed by atoms with Crippen LogP contribution in [0.25, 0.3) is 0 Å². The van der Waals surface area contributed by atoms with Gasteiger partial charge < -0.3 is 4.74 Å². The first-order valence-electron chi connectivity index (χ1n) is 6.63. The van der Waals surface area contributed by atoms with Gasteiger partial charge in [-0.3, -0.25) is 4.31 Å². The van der Waals surface area contributed by atoms with E-state index in [1.807, 2.05) is 0 Å². The Kier molecular flexibility index (Phi) is 4.21. The molecular weight excluding hydrogens is 345 g/mol. The summed E-state index contributed by atoms with van der Waals surface area (Å²) in [5, 5.41) is 0.896. The molecule has 0 bridgehead atoms. The van der Waals surface area contributed by atoms with Gasteiger partial charge in [0.1, 0.15) is 12.4 Å². The van der Waals surface area contributed by atoms with Crippen molar-refractivity contribution in [2.24, 2.45) is 0 Å². The van der Waals surface area contributed by atoms with E-state index in [0.717, 1.165) is 0 Å². The number of anilines is 1. The monoisotopic (exact) mass is 357 g/mol. The summed E-state index contributed by atoms with van der Waals surface area (Å²) in [6, 6.07) is 11.9. The zero-order chi connectivity index (χ0) is 15.7. The van der Waals surface area contributed by atoms with Gasteiger partial charge in [-0.1, -0.05) is 41.4 Å². The minimum Gasteiger partial charge on any atom is -0.489 e. The highest BCUT2D eigenvalue weighted by Gasteiger charge is 2.29. The van der Waals surface area contributed by atoms with Crippen LogP contribution in [0.5, 0.6) is 5.75 Å². The minimum atomic E-state index is -3.58. The van der Waals surface area contributed by atoms with Crippen molar-refractivity contribution in [3.8, 4) is 5.75 Å². The number of nitrogens with zero attached hydrogens (tertiary/aromatic N) is 1. The fourth-order valence-electron chi connectivity index (χ4n) is 2.35. The molecule has 0 amide bonds. The van der Waals surface area contributed by atoms with Gasteiger partial charge in [-0.25, -0.2) is 8.42 Å². The van der Waals surface area contributed by atoms with E-state index in [9.17, 15) is 8.42 Å². The Balaban J connectivity index is 1.98. The van der Waals surface area contributed by atoms with E-state index in [-0.39, 0.29) is 12.3 Å². The number of hydrogen-bond acceptors (Lipinski definition) is 3. The van der Waals surface area contributed by atoms with Crippen LogP contribution in [0.1, 0.15) is 5.56 Å². The molecule has 0 saturated heterocycles. The second-order valence-electron chi connectivity index (χ2n) is 4.88. The van der Waals surface area contributed by atoms with E-state index in [2.05, 4.69) is 0 Å². The highest BCUT2D eigenvalue weighted by atomic mass is 35.5. The van der Waals surface area contributed by atoms with E-state index in [0.29, 0.717) is 33.7 Å². The number of benzene rings is 2. The highest BCUT2D eigenvalue weighted by Crippen LogP contribution is 2.36. The van der Waals surface area contributed by atoms with Crippen LogP contribution in [-0.2, 0) is 15.8 Å². The molecule has 4 nitrogen and oxygen atoms in total. The van der Waals surface area contributed by atoms with E-state index < -0.39 is 10.0 Å². The maximum atomic E-state index is 12.7. The predicted molar refractivity (Wildman–Crippen MR) is 88.4 cm³/mol. The smallest absolute Gasteiger partial charge is 0.239 e. The lowest BCUT2D eigenvalue weighted by atomic mass is 10.2. The molecule has 22 heavy (non-hydrogen) atoms. The van der Waals surface area contributed by atoms with E-state index in [4.69, 9.17) is 27.9 Å². The molecule has 1 aliphatic heterocycles. The van der Waals surface area contributed by atoms with Crippen molar-refractivity contribution in [3.63, 3.8) is 0 Å². The summed E-state index contributed by atoms with van der Waals surface area (Å²) in [6.07, 6.45) is 0. The Bertz CT molecular complexity index is 808. The average molecular weight is 358 g/mol. The Morgan fingerprint density at radius 2 is 1.91 bits per heavy atom. The first kappa shape index (κ1) is 15.5. The van der Waals surface area contributed by atoms with Crippen molar-refractivity contribution in [2.45, 2.75) is 5.75 Å². The molecule has 0 spiro atoms. The second-order valence-corrected chi connectivity index (χ2v) is 7.62. The molecule has 0 radical (unpaired) electrons. The lowest BCUT2D eigenvalue weighted by Gasteiger charge is -2.30. The summed E-state index contributed by atoms with van der Waals surface area (Å²) in [4.78, 5) is 0. The molecule has 2 aromatic carbocycles. The first-order valence-corrected chi connectivity index (χ1v) is 9.00. The first-order chi connectivity index (χ1) is 10.5. The minimum absolute atomic E-state index is 0.168. The van der Waals surface area contributed by atoms with Gasteiger partial charge in [0.2, 0.25) is 10.0 Å². The molecule has 3 rings (SSSR count). The summed E-state index contributed by atoms with van der Waals surface area (Å²) in [6.45, 7) is 0.552. The number of hydrogen-bond donors (Lipinski definition) is 0. The van der Waals surface area contributed by atoms with Crippen LogP contribution in [-0.4, -0.2) is 21.6 Å². The fraction of sp³-hybridized carbons (Fsp3) is 0.200. The molecule has 0 saturated carbocycles.